The van der Waals surface area contributed by atoms with Gasteiger partial charge in [0.2, 0.25) is 0 Å². The molecule has 0 aromatic heterocycles. The number of carbonyl (C=O) groups excluding carboxylic acids is 2. The molecule has 1 saturated heterocycles. The first-order chi connectivity index (χ1) is 11.2. The first kappa shape index (κ1) is 18.6. The number of nitrogens with zero attached hydrogens (tertiary/aromatic N) is 1. The van der Waals surface area contributed by atoms with E-state index >= 15 is 0 Å². The Morgan fingerprint density at radius 3 is 2.62 bits per heavy atom. The van der Waals surface area contributed by atoms with E-state index < -0.39 is 6.04 Å². The van der Waals surface area contributed by atoms with E-state index in [1.54, 1.807) is 11.8 Å². The molecule has 1 fully saturated rings. The average Bonchev–Trinajstić information content (AvgIpc) is 2.73. The molecule has 0 unspecified atom stereocenters. The van der Waals surface area contributed by atoms with E-state index in [2.05, 4.69) is 5.32 Å². The zero-order valence-corrected chi connectivity index (χ0v) is 15.8. The maximum atomic E-state index is 12.5. The fourth-order valence-corrected chi connectivity index (χ4v) is 3.02. The summed E-state index contributed by atoms with van der Waals surface area (Å²) in [5.74, 6) is 1.40. The van der Waals surface area contributed by atoms with E-state index in [0.717, 1.165) is 22.6 Å². The number of benzene rings is 1. The summed E-state index contributed by atoms with van der Waals surface area (Å²) in [5, 5.41) is 2.77. The quantitative estimate of drug-likeness (QED) is 0.800. The Morgan fingerprint density at radius 2 is 2.00 bits per heavy atom. The maximum absolute atomic E-state index is 12.5. The molecule has 1 aliphatic rings. The van der Waals surface area contributed by atoms with Crippen molar-refractivity contribution in [2.24, 2.45) is 0 Å². The van der Waals surface area contributed by atoms with E-state index in [0.29, 0.717) is 6.42 Å². The van der Waals surface area contributed by atoms with E-state index in [1.807, 2.05) is 52.1 Å². The summed E-state index contributed by atoms with van der Waals surface area (Å²) in [6.45, 7) is 8.15. The minimum absolute atomic E-state index is 0.156. The molecule has 6 heteroatoms. The summed E-state index contributed by atoms with van der Waals surface area (Å²) in [6, 6.07) is 5.10. The van der Waals surface area contributed by atoms with Gasteiger partial charge in [-0.2, -0.15) is 11.8 Å². The molecule has 1 N–H and O–H groups in total. The van der Waals surface area contributed by atoms with Gasteiger partial charge in [-0.05, 0) is 57.8 Å². The molecule has 1 aliphatic heterocycles. The lowest BCUT2D eigenvalue weighted by molar-refractivity contribution is -0.127. The first-order valence-corrected chi connectivity index (χ1v) is 9.50. The Kier molecular flexibility index (Phi) is 5.80. The van der Waals surface area contributed by atoms with Gasteiger partial charge in [0, 0.05) is 5.56 Å². The van der Waals surface area contributed by atoms with Gasteiger partial charge in [0.15, 0.2) is 0 Å². The highest BCUT2D eigenvalue weighted by Crippen LogP contribution is 2.27. The third-order valence-corrected chi connectivity index (χ3v) is 4.33. The second-order valence-electron chi connectivity index (χ2n) is 7.03. The molecular weight excluding hydrogens is 324 g/mol. The normalized spacial score (nSPS) is 18.0. The predicted octanol–water partition coefficient (Wildman–Crippen LogP) is 3.35. The van der Waals surface area contributed by atoms with Crippen LogP contribution in [0.1, 0.15) is 38.3 Å². The number of rotatable bonds is 6. The highest BCUT2D eigenvalue weighted by molar-refractivity contribution is 7.98. The van der Waals surface area contributed by atoms with Crippen molar-refractivity contribution >= 4 is 23.7 Å². The van der Waals surface area contributed by atoms with Crippen LogP contribution >= 0.6 is 11.8 Å². The monoisotopic (exact) mass is 350 g/mol. The Balaban J connectivity index is 2.18. The second kappa shape index (κ2) is 7.47. The molecule has 5 nitrogen and oxygen atoms in total. The lowest BCUT2D eigenvalue weighted by Crippen LogP contribution is -2.32. The number of urea groups is 1. The van der Waals surface area contributed by atoms with Crippen LogP contribution in [-0.2, 0) is 11.3 Å². The molecule has 3 amide bonds. The molecular formula is C18H26N2O3S. The number of imide groups is 1. The third-order valence-electron chi connectivity index (χ3n) is 3.68. The van der Waals surface area contributed by atoms with Crippen LogP contribution in [0.15, 0.2) is 18.2 Å². The smallest absolute Gasteiger partial charge is 0.325 e. The predicted molar refractivity (Wildman–Crippen MR) is 97.4 cm³/mol. The van der Waals surface area contributed by atoms with Gasteiger partial charge in [-0.25, -0.2) is 4.79 Å². The van der Waals surface area contributed by atoms with Crippen LogP contribution in [0.3, 0.4) is 0 Å². The summed E-state index contributed by atoms with van der Waals surface area (Å²) >= 11 is 1.67. The number of thioether (sulfide) groups is 1. The number of hydrogen-bond donors (Lipinski definition) is 1. The summed E-state index contributed by atoms with van der Waals surface area (Å²) in [6.07, 6.45) is 2.64. The van der Waals surface area contributed by atoms with Crippen LogP contribution in [0.4, 0.5) is 4.79 Å². The van der Waals surface area contributed by atoms with Crippen molar-refractivity contribution in [1.29, 1.82) is 0 Å². The topological polar surface area (TPSA) is 58.6 Å². The molecule has 1 aromatic carbocycles. The minimum Gasteiger partial charge on any atom is -0.488 e. The molecule has 1 heterocycles. The maximum Gasteiger partial charge on any atom is 0.325 e. The van der Waals surface area contributed by atoms with E-state index in [9.17, 15) is 9.59 Å². The van der Waals surface area contributed by atoms with Crippen molar-refractivity contribution in [1.82, 2.24) is 10.2 Å². The van der Waals surface area contributed by atoms with Gasteiger partial charge < -0.3 is 10.1 Å². The minimum atomic E-state index is -0.414. The fraction of sp³-hybridized carbons (Fsp3) is 0.556. The van der Waals surface area contributed by atoms with Crippen LogP contribution in [0.25, 0.3) is 0 Å². The van der Waals surface area contributed by atoms with E-state index in [-0.39, 0.29) is 24.1 Å². The zero-order valence-electron chi connectivity index (χ0n) is 15.0. The second-order valence-corrected chi connectivity index (χ2v) is 8.02. The molecule has 0 saturated carbocycles. The molecule has 0 aliphatic carbocycles. The highest BCUT2D eigenvalue weighted by Gasteiger charge is 2.37. The Morgan fingerprint density at radius 1 is 1.29 bits per heavy atom. The van der Waals surface area contributed by atoms with Crippen molar-refractivity contribution in [2.75, 3.05) is 12.0 Å². The molecule has 2 rings (SSSR count). The average molecular weight is 350 g/mol. The fourth-order valence-electron chi connectivity index (χ4n) is 2.55. The van der Waals surface area contributed by atoms with Crippen molar-refractivity contribution in [3.05, 3.63) is 29.3 Å². The first-order valence-electron chi connectivity index (χ1n) is 8.10. The molecule has 1 atom stereocenters. The van der Waals surface area contributed by atoms with E-state index in [1.165, 1.54) is 4.90 Å². The standard InChI is InChI=1S/C18H26N2O3S/c1-12-6-7-13(15(10-12)23-18(2,3)4)11-20-16(21)14(8-9-24-5)19-17(20)22/h6-7,10,14H,8-9,11H2,1-5H3,(H,19,22)/t14-/m0/s1. The Labute approximate surface area is 148 Å². The summed E-state index contributed by atoms with van der Waals surface area (Å²) in [4.78, 5) is 25.9. The summed E-state index contributed by atoms with van der Waals surface area (Å²) in [7, 11) is 0. The van der Waals surface area contributed by atoms with Crippen molar-refractivity contribution in [3.63, 3.8) is 0 Å². The molecule has 0 radical (unpaired) electrons. The SMILES string of the molecule is CSCC[C@@H]1NC(=O)N(Cc2ccc(C)cc2OC(C)(C)C)C1=O. The summed E-state index contributed by atoms with van der Waals surface area (Å²) < 4.78 is 6.01. The number of hydrogen-bond acceptors (Lipinski definition) is 4. The van der Waals surface area contributed by atoms with Gasteiger partial charge in [-0.15, -0.1) is 0 Å². The number of carbonyl (C=O) groups is 2. The molecule has 24 heavy (non-hydrogen) atoms. The molecule has 132 valence electrons. The van der Waals surface area contributed by atoms with Crippen LogP contribution in [0.2, 0.25) is 0 Å². The molecule has 1 aromatic rings. The van der Waals surface area contributed by atoms with Crippen molar-refractivity contribution < 1.29 is 14.3 Å². The van der Waals surface area contributed by atoms with Crippen molar-refractivity contribution in [3.8, 4) is 5.75 Å². The number of amides is 3. The van der Waals surface area contributed by atoms with Crippen molar-refractivity contribution in [2.45, 2.75) is 52.3 Å². The highest BCUT2D eigenvalue weighted by atomic mass is 32.2. The van der Waals surface area contributed by atoms with Gasteiger partial charge in [-0.3, -0.25) is 9.69 Å². The molecule has 0 spiro atoms. The van der Waals surface area contributed by atoms with E-state index in [4.69, 9.17) is 4.74 Å². The van der Waals surface area contributed by atoms with Crippen LogP contribution in [0.5, 0.6) is 5.75 Å². The van der Waals surface area contributed by atoms with Gasteiger partial charge in [0.25, 0.3) is 5.91 Å². The van der Waals surface area contributed by atoms with Crippen LogP contribution in [0, 0.1) is 6.92 Å². The lowest BCUT2D eigenvalue weighted by Gasteiger charge is -2.24. The van der Waals surface area contributed by atoms with Gasteiger partial charge in [0.1, 0.15) is 17.4 Å². The van der Waals surface area contributed by atoms with Gasteiger partial charge in [-0.1, -0.05) is 12.1 Å². The number of nitrogens with one attached hydrogen (secondary N) is 1. The lowest BCUT2D eigenvalue weighted by atomic mass is 10.1. The van der Waals surface area contributed by atoms with Gasteiger partial charge >= 0.3 is 6.03 Å². The third kappa shape index (κ3) is 4.66. The van der Waals surface area contributed by atoms with Crippen LogP contribution in [-0.4, -0.2) is 40.5 Å². The Hall–Kier alpha value is -1.69. The summed E-state index contributed by atoms with van der Waals surface area (Å²) in [5.41, 5.74) is 1.57. The number of aryl methyl sites for hydroxylation is 1. The van der Waals surface area contributed by atoms with Crippen LogP contribution < -0.4 is 10.1 Å². The zero-order chi connectivity index (χ0) is 17.9. The molecule has 0 bridgehead atoms. The largest absolute Gasteiger partial charge is 0.488 e. The van der Waals surface area contributed by atoms with Gasteiger partial charge in [0.05, 0.1) is 6.54 Å². The number of ether oxygens (including phenoxy) is 1. The Bertz CT molecular complexity index is 625.